The summed E-state index contributed by atoms with van der Waals surface area (Å²) in [5, 5.41) is 1.64. The number of hydrogen-bond donors (Lipinski definition) is 0. The van der Waals surface area contributed by atoms with Crippen molar-refractivity contribution in [3.8, 4) is 0 Å². The van der Waals surface area contributed by atoms with Crippen molar-refractivity contribution in [1.29, 1.82) is 0 Å². The molecule has 3 aromatic carbocycles. The Balaban J connectivity index is 1.68. The third kappa shape index (κ3) is 2.08. The molecule has 0 bridgehead atoms. The van der Waals surface area contributed by atoms with Gasteiger partial charge >= 0.3 is 0 Å². The van der Waals surface area contributed by atoms with Gasteiger partial charge in [-0.25, -0.2) is 9.97 Å². The summed E-state index contributed by atoms with van der Waals surface area (Å²) in [7, 11) is 0. The first-order valence-corrected chi connectivity index (χ1v) is 10.2. The minimum atomic E-state index is -0.209. The van der Waals surface area contributed by atoms with E-state index < -0.39 is 0 Å². The quantitative estimate of drug-likeness (QED) is 0.266. The van der Waals surface area contributed by atoms with Crippen LogP contribution in [-0.2, 0) is 0 Å². The molecule has 0 atom stereocenters. The summed E-state index contributed by atoms with van der Waals surface area (Å²) in [6.45, 7) is 0. The van der Waals surface area contributed by atoms with Crippen LogP contribution >= 0.6 is 0 Å². The van der Waals surface area contributed by atoms with Crippen molar-refractivity contribution in [3.63, 3.8) is 0 Å². The zero-order valence-electron chi connectivity index (χ0n) is 16.5. The molecule has 0 aliphatic heterocycles. The van der Waals surface area contributed by atoms with Crippen molar-refractivity contribution in [2.45, 2.75) is 0 Å². The second kappa shape index (κ2) is 5.98. The maximum atomic E-state index is 13.4. The summed E-state index contributed by atoms with van der Waals surface area (Å²) >= 11 is 0. The molecule has 7 rings (SSSR count). The Morgan fingerprint density at radius 2 is 1.12 bits per heavy atom. The predicted octanol–water partition coefficient (Wildman–Crippen LogP) is 4.65. The summed E-state index contributed by atoms with van der Waals surface area (Å²) in [5.74, 6) is -0.382. The molecule has 6 heteroatoms. The molecule has 0 saturated heterocycles. The van der Waals surface area contributed by atoms with E-state index in [1.54, 1.807) is 48.8 Å². The van der Waals surface area contributed by atoms with Crippen LogP contribution in [0.2, 0.25) is 0 Å². The molecular formula is C26H12N4O2. The fourth-order valence-electron chi connectivity index (χ4n) is 4.65. The zero-order chi connectivity index (χ0) is 21.4. The lowest BCUT2D eigenvalue weighted by atomic mass is 9.83. The van der Waals surface area contributed by atoms with E-state index in [-0.39, 0.29) is 11.6 Å². The van der Waals surface area contributed by atoms with Crippen molar-refractivity contribution in [3.05, 3.63) is 95.3 Å². The number of hydrogen-bond acceptors (Lipinski definition) is 6. The third-order valence-electron chi connectivity index (χ3n) is 6.07. The number of aromatic nitrogens is 4. The molecule has 0 unspecified atom stereocenters. The molecule has 0 spiro atoms. The second-order valence-electron chi connectivity index (χ2n) is 7.78. The van der Waals surface area contributed by atoms with Crippen LogP contribution in [0.15, 0.2) is 73.1 Å². The molecule has 32 heavy (non-hydrogen) atoms. The number of ketones is 2. The summed E-state index contributed by atoms with van der Waals surface area (Å²) in [6.07, 6.45) is 3.45. The van der Waals surface area contributed by atoms with E-state index in [1.807, 2.05) is 24.3 Å². The number of benzene rings is 3. The highest BCUT2D eigenvalue weighted by atomic mass is 16.1. The van der Waals surface area contributed by atoms with E-state index in [4.69, 9.17) is 9.97 Å². The Morgan fingerprint density at radius 3 is 1.81 bits per heavy atom. The fourth-order valence-corrected chi connectivity index (χ4v) is 4.65. The lowest BCUT2D eigenvalue weighted by Crippen LogP contribution is -2.21. The van der Waals surface area contributed by atoms with Gasteiger partial charge in [-0.3, -0.25) is 19.6 Å². The van der Waals surface area contributed by atoms with Crippen LogP contribution in [0.25, 0.3) is 43.9 Å². The van der Waals surface area contributed by atoms with Crippen molar-refractivity contribution < 1.29 is 9.59 Å². The molecule has 0 amide bonds. The van der Waals surface area contributed by atoms with E-state index in [1.165, 1.54) is 0 Å². The molecule has 1 aliphatic carbocycles. The monoisotopic (exact) mass is 412 g/mol. The maximum absolute atomic E-state index is 13.4. The van der Waals surface area contributed by atoms with Gasteiger partial charge in [-0.2, -0.15) is 0 Å². The molecule has 0 saturated carbocycles. The first kappa shape index (κ1) is 17.1. The van der Waals surface area contributed by atoms with E-state index in [0.717, 1.165) is 21.8 Å². The summed E-state index contributed by atoms with van der Waals surface area (Å²) in [5.41, 5.74) is 5.28. The summed E-state index contributed by atoms with van der Waals surface area (Å²) < 4.78 is 0. The Labute approximate surface area is 180 Å². The molecule has 0 radical (unpaired) electrons. The minimum absolute atomic E-state index is 0.173. The number of fused-ring (bicyclic) bond motifs is 10. The van der Waals surface area contributed by atoms with Gasteiger partial charge in [0.25, 0.3) is 0 Å². The van der Waals surface area contributed by atoms with Crippen LogP contribution < -0.4 is 0 Å². The van der Waals surface area contributed by atoms with Gasteiger partial charge in [0.15, 0.2) is 11.6 Å². The van der Waals surface area contributed by atoms with Crippen molar-refractivity contribution in [1.82, 2.24) is 19.9 Å². The lowest BCUT2D eigenvalue weighted by Gasteiger charge is -2.18. The SMILES string of the molecule is O=C1c2ccccc2C(=O)c2c1ccc1nc3c4cccnc4c4ncccc4c3nc21. The molecule has 148 valence electrons. The Hall–Kier alpha value is -4.58. The average molecular weight is 412 g/mol. The highest BCUT2D eigenvalue weighted by molar-refractivity contribution is 6.32. The zero-order valence-corrected chi connectivity index (χ0v) is 16.5. The first-order chi connectivity index (χ1) is 15.7. The highest BCUT2D eigenvalue weighted by Gasteiger charge is 2.32. The predicted molar refractivity (Wildman–Crippen MR) is 121 cm³/mol. The average Bonchev–Trinajstić information content (AvgIpc) is 2.86. The van der Waals surface area contributed by atoms with Gasteiger partial charge in [0.1, 0.15) is 5.52 Å². The Kier molecular flexibility index (Phi) is 3.20. The van der Waals surface area contributed by atoms with Gasteiger partial charge in [0.2, 0.25) is 0 Å². The first-order valence-electron chi connectivity index (χ1n) is 10.2. The number of rotatable bonds is 0. The highest BCUT2D eigenvalue weighted by Crippen LogP contribution is 2.35. The largest absolute Gasteiger partial charge is 0.289 e. The Bertz CT molecular complexity index is 1820. The summed E-state index contributed by atoms with van der Waals surface area (Å²) in [4.78, 5) is 45.4. The van der Waals surface area contributed by atoms with Gasteiger partial charge in [0, 0.05) is 39.9 Å². The normalized spacial score (nSPS) is 13.1. The lowest BCUT2D eigenvalue weighted by molar-refractivity contribution is 0.0980. The van der Waals surface area contributed by atoms with Crippen LogP contribution in [0.4, 0.5) is 0 Å². The van der Waals surface area contributed by atoms with Crippen molar-refractivity contribution in [2.24, 2.45) is 0 Å². The second-order valence-corrected chi connectivity index (χ2v) is 7.78. The Morgan fingerprint density at radius 1 is 0.500 bits per heavy atom. The number of carbonyl (C=O) groups is 2. The minimum Gasteiger partial charge on any atom is -0.289 e. The molecule has 1 aliphatic rings. The van der Waals surface area contributed by atoms with Gasteiger partial charge in [-0.1, -0.05) is 24.3 Å². The topological polar surface area (TPSA) is 85.7 Å². The van der Waals surface area contributed by atoms with E-state index in [0.29, 0.717) is 44.3 Å². The van der Waals surface area contributed by atoms with Gasteiger partial charge in [-0.05, 0) is 36.4 Å². The van der Waals surface area contributed by atoms with Crippen molar-refractivity contribution in [2.75, 3.05) is 0 Å². The standard InChI is InChI=1S/C26H12N4O2/c31-25-13-5-1-2-6-14(13)26(32)19-15(25)9-10-18-24(19)30-23-17-8-4-12-28-21(17)20-16(22(23)29-18)7-3-11-27-20/h1-12H. The maximum Gasteiger partial charge on any atom is 0.196 e. The van der Waals surface area contributed by atoms with Gasteiger partial charge in [-0.15, -0.1) is 0 Å². The molecular weight excluding hydrogens is 400 g/mol. The molecule has 6 aromatic rings. The van der Waals surface area contributed by atoms with Crippen LogP contribution in [0, 0.1) is 0 Å². The van der Waals surface area contributed by atoms with Gasteiger partial charge < -0.3 is 0 Å². The number of pyridine rings is 2. The fraction of sp³-hybridized carbons (Fsp3) is 0. The van der Waals surface area contributed by atoms with Crippen molar-refractivity contribution >= 4 is 55.4 Å². The van der Waals surface area contributed by atoms with Crippen LogP contribution in [0.5, 0.6) is 0 Å². The molecule has 6 nitrogen and oxygen atoms in total. The smallest absolute Gasteiger partial charge is 0.196 e. The van der Waals surface area contributed by atoms with Gasteiger partial charge in [0.05, 0.1) is 33.1 Å². The molecule has 3 aromatic heterocycles. The molecule has 3 heterocycles. The summed E-state index contributed by atoms with van der Waals surface area (Å²) in [6, 6.07) is 17.9. The van der Waals surface area contributed by atoms with E-state index in [2.05, 4.69) is 9.97 Å². The van der Waals surface area contributed by atoms with Crippen LogP contribution in [0.3, 0.4) is 0 Å². The number of nitrogens with zero attached hydrogens (tertiary/aromatic N) is 4. The van der Waals surface area contributed by atoms with Crippen LogP contribution in [0.1, 0.15) is 31.8 Å². The van der Waals surface area contributed by atoms with E-state index >= 15 is 0 Å². The third-order valence-corrected chi connectivity index (χ3v) is 6.07. The van der Waals surface area contributed by atoms with E-state index in [9.17, 15) is 9.59 Å². The molecule has 0 N–H and O–H groups in total. The van der Waals surface area contributed by atoms with Crippen LogP contribution in [-0.4, -0.2) is 31.5 Å². The number of carbonyl (C=O) groups excluding carboxylic acids is 2. The molecule has 0 fully saturated rings.